The third-order valence-electron chi connectivity index (χ3n) is 4.16. The summed E-state index contributed by atoms with van der Waals surface area (Å²) in [6.07, 6.45) is 4.85. The second kappa shape index (κ2) is 8.95. The minimum absolute atomic E-state index is 0.384. The zero-order valence-corrected chi connectivity index (χ0v) is 12.7. The van der Waals surface area contributed by atoms with Gasteiger partial charge in [0.15, 0.2) is 0 Å². The molecule has 1 saturated carbocycles. The Hall–Kier alpha value is -0.200. The normalized spacial score (nSPS) is 24.9. The molecule has 0 bridgehead atoms. The van der Waals surface area contributed by atoms with Gasteiger partial charge in [-0.2, -0.15) is 0 Å². The summed E-state index contributed by atoms with van der Waals surface area (Å²) in [5, 5.41) is 13.3. The Balaban J connectivity index is 1.51. The number of nitrogens with one attached hydrogen (secondary N) is 1. The lowest BCUT2D eigenvalue weighted by atomic mass is 10.2. The highest BCUT2D eigenvalue weighted by atomic mass is 16.5. The Bertz CT molecular complexity index is 254. The van der Waals surface area contributed by atoms with Crippen LogP contribution in [-0.4, -0.2) is 74.3 Å². The zero-order chi connectivity index (χ0) is 14.2. The van der Waals surface area contributed by atoms with Crippen molar-refractivity contribution in [3.63, 3.8) is 0 Å². The molecule has 0 amide bonds. The van der Waals surface area contributed by atoms with E-state index in [9.17, 15) is 5.11 Å². The third kappa shape index (κ3) is 6.06. The van der Waals surface area contributed by atoms with Gasteiger partial charge < -0.3 is 19.9 Å². The zero-order valence-electron chi connectivity index (χ0n) is 12.7. The van der Waals surface area contributed by atoms with E-state index in [4.69, 9.17) is 9.47 Å². The number of hydrogen-bond acceptors (Lipinski definition) is 5. The molecule has 0 aromatic heterocycles. The third-order valence-corrected chi connectivity index (χ3v) is 4.16. The standard InChI is InChI=1S/C15H30N2O3/c1-13(11-17-6-8-19-9-7-17)16-10-14(18)12-20-15-4-2-3-5-15/h13-16,18H,2-12H2,1H3. The fourth-order valence-corrected chi connectivity index (χ4v) is 2.93. The van der Waals surface area contributed by atoms with Crippen molar-refractivity contribution in [1.29, 1.82) is 0 Å². The lowest BCUT2D eigenvalue weighted by Gasteiger charge is -2.29. The smallest absolute Gasteiger partial charge is 0.0897 e. The number of nitrogens with zero attached hydrogens (tertiary/aromatic N) is 1. The molecule has 2 aliphatic rings. The van der Waals surface area contributed by atoms with E-state index in [1.54, 1.807) is 0 Å². The van der Waals surface area contributed by atoms with Gasteiger partial charge in [0.05, 0.1) is 32.0 Å². The maximum Gasteiger partial charge on any atom is 0.0897 e. The summed E-state index contributed by atoms with van der Waals surface area (Å²) in [5.74, 6) is 0. The summed E-state index contributed by atoms with van der Waals surface area (Å²) in [4.78, 5) is 2.41. The molecule has 1 aliphatic heterocycles. The second-order valence-corrected chi connectivity index (χ2v) is 6.12. The van der Waals surface area contributed by atoms with Crippen LogP contribution in [0.4, 0.5) is 0 Å². The maximum absolute atomic E-state index is 9.94. The molecule has 0 aromatic carbocycles. The van der Waals surface area contributed by atoms with Gasteiger partial charge in [0.25, 0.3) is 0 Å². The first kappa shape index (κ1) is 16.2. The van der Waals surface area contributed by atoms with E-state index in [1.807, 2.05) is 0 Å². The van der Waals surface area contributed by atoms with Gasteiger partial charge in [-0.15, -0.1) is 0 Å². The summed E-state index contributed by atoms with van der Waals surface area (Å²) < 4.78 is 11.1. The van der Waals surface area contributed by atoms with E-state index >= 15 is 0 Å². The van der Waals surface area contributed by atoms with Crippen LogP contribution in [0.3, 0.4) is 0 Å². The van der Waals surface area contributed by atoms with Crippen LogP contribution >= 0.6 is 0 Å². The van der Waals surface area contributed by atoms with Gasteiger partial charge in [0, 0.05) is 32.2 Å². The number of aliphatic hydroxyl groups is 1. The van der Waals surface area contributed by atoms with Gasteiger partial charge in [-0.3, -0.25) is 4.90 Å². The van der Waals surface area contributed by atoms with Crippen LogP contribution in [0.5, 0.6) is 0 Å². The minimum Gasteiger partial charge on any atom is -0.389 e. The van der Waals surface area contributed by atoms with Crippen molar-refractivity contribution in [1.82, 2.24) is 10.2 Å². The van der Waals surface area contributed by atoms with Crippen molar-refractivity contribution < 1.29 is 14.6 Å². The number of aliphatic hydroxyl groups excluding tert-OH is 1. The number of rotatable bonds is 8. The molecule has 118 valence electrons. The predicted octanol–water partition coefficient (Wildman–Crippen LogP) is 0.617. The Labute approximate surface area is 122 Å². The van der Waals surface area contributed by atoms with E-state index in [1.165, 1.54) is 12.8 Å². The molecule has 0 radical (unpaired) electrons. The first-order valence-corrected chi connectivity index (χ1v) is 8.07. The summed E-state index contributed by atoms with van der Waals surface area (Å²) >= 11 is 0. The second-order valence-electron chi connectivity index (χ2n) is 6.12. The molecular weight excluding hydrogens is 256 g/mol. The van der Waals surface area contributed by atoms with Crippen LogP contribution in [0.15, 0.2) is 0 Å². The van der Waals surface area contributed by atoms with Gasteiger partial charge in [-0.1, -0.05) is 12.8 Å². The Morgan fingerprint density at radius 2 is 2.00 bits per heavy atom. The van der Waals surface area contributed by atoms with E-state index in [2.05, 4.69) is 17.1 Å². The van der Waals surface area contributed by atoms with Crippen LogP contribution in [0.25, 0.3) is 0 Å². The molecule has 2 N–H and O–H groups in total. The molecule has 2 rings (SSSR count). The summed E-state index contributed by atoms with van der Waals surface area (Å²) in [5.41, 5.74) is 0. The van der Waals surface area contributed by atoms with E-state index in [0.717, 1.165) is 45.7 Å². The van der Waals surface area contributed by atoms with Gasteiger partial charge in [-0.05, 0) is 19.8 Å². The Kier molecular flexibility index (Phi) is 7.24. The molecule has 20 heavy (non-hydrogen) atoms. The summed E-state index contributed by atoms with van der Waals surface area (Å²) in [7, 11) is 0. The molecule has 1 saturated heterocycles. The summed E-state index contributed by atoms with van der Waals surface area (Å²) in [6.45, 7) is 7.95. The Morgan fingerprint density at radius 3 is 2.70 bits per heavy atom. The van der Waals surface area contributed by atoms with E-state index < -0.39 is 6.10 Å². The Morgan fingerprint density at radius 1 is 1.30 bits per heavy atom. The molecule has 5 nitrogen and oxygen atoms in total. The van der Waals surface area contributed by atoms with Crippen LogP contribution in [0.1, 0.15) is 32.6 Å². The lowest BCUT2D eigenvalue weighted by molar-refractivity contribution is -0.00716. The van der Waals surface area contributed by atoms with Crippen LogP contribution in [0, 0.1) is 0 Å². The molecule has 2 fully saturated rings. The number of morpholine rings is 1. The fourth-order valence-electron chi connectivity index (χ4n) is 2.93. The van der Waals surface area contributed by atoms with Crippen LogP contribution < -0.4 is 5.32 Å². The lowest BCUT2D eigenvalue weighted by Crippen LogP contribution is -2.46. The van der Waals surface area contributed by atoms with Gasteiger partial charge >= 0.3 is 0 Å². The quantitative estimate of drug-likeness (QED) is 0.685. The van der Waals surface area contributed by atoms with Crippen LogP contribution in [0.2, 0.25) is 0 Å². The maximum atomic E-state index is 9.94. The fraction of sp³-hybridized carbons (Fsp3) is 1.00. The monoisotopic (exact) mass is 286 g/mol. The van der Waals surface area contributed by atoms with Gasteiger partial charge in [-0.25, -0.2) is 0 Å². The highest BCUT2D eigenvalue weighted by Crippen LogP contribution is 2.20. The minimum atomic E-state index is -0.400. The first-order chi connectivity index (χ1) is 9.74. The molecule has 0 aromatic rings. The summed E-state index contributed by atoms with van der Waals surface area (Å²) in [6, 6.07) is 0.384. The largest absolute Gasteiger partial charge is 0.389 e. The first-order valence-electron chi connectivity index (χ1n) is 8.07. The molecule has 5 heteroatoms. The predicted molar refractivity (Wildman–Crippen MR) is 78.9 cm³/mol. The van der Waals surface area contributed by atoms with Crippen molar-refractivity contribution in [2.75, 3.05) is 46.0 Å². The van der Waals surface area contributed by atoms with Crippen molar-refractivity contribution in [3.8, 4) is 0 Å². The van der Waals surface area contributed by atoms with Crippen molar-refractivity contribution in [2.45, 2.75) is 50.9 Å². The van der Waals surface area contributed by atoms with Crippen molar-refractivity contribution in [2.24, 2.45) is 0 Å². The average molecular weight is 286 g/mol. The molecular formula is C15H30N2O3. The number of hydrogen-bond donors (Lipinski definition) is 2. The molecule has 2 unspecified atom stereocenters. The molecule has 1 aliphatic carbocycles. The van der Waals surface area contributed by atoms with Gasteiger partial charge in [0.2, 0.25) is 0 Å². The number of ether oxygens (including phenoxy) is 2. The highest BCUT2D eigenvalue weighted by molar-refractivity contribution is 4.72. The average Bonchev–Trinajstić information content (AvgIpc) is 2.97. The van der Waals surface area contributed by atoms with Crippen LogP contribution in [-0.2, 0) is 9.47 Å². The SMILES string of the molecule is CC(CN1CCOCC1)NCC(O)COC1CCCC1. The molecule has 1 heterocycles. The van der Waals surface area contributed by atoms with Crippen molar-refractivity contribution >= 4 is 0 Å². The van der Waals surface area contributed by atoms with E-state index in [-0.39, 0.29) is 0 Å². The highest BCUT2D eigenvalue weighted by Gasteiger charge is 2.18. The van der Waals surface area contributed by atoms with E-state index in [0.29, 0.717) is 25.3 Å². The van der Waals surface area contributed by atoms with Crippen molar-refractivity contribution in [3.05, 3.63) is 0 Å². The molecule has 0 spiro atoms. The topological polar surface area (TPSA) is 54.0 Å². The van der Waals surface area contributed by atoms with Gasteiger partial charge in [0.1, 0.15) is 0 Å². The molecule has 2 atom stereocenters.